The van der Waals surface area contributed by atoms with E-state index in [-0.39, 0.29) is 30.9 Å². The molecule has 1 aromatic heterocycles. The van der Waals surface area contributed by atoms with E-state index in [0.717, 1.165) is 0 Å². The highest BCUT2D eigenvalue weighted by molar-refractivity contribution is 5.94. The molecule has 0 bridgehead atoms. The second kappa shape index (κ2) is 13.9. The highest BCUT2D eigenvalue weighted by Gasteiger charge is 2.30. The Morgan fingerprint density at radius 1 is 0.946 bits per heavy atom. The molecule has 2 rings (SSSR count). The number of aromatic hydroxyl groups is 1. The number of rotatable bonds is 14. The van der Waals surface area contributed by atoms with Gasteiger partial charge in [-0.2, -0.15) is 0 Å². The summed E-state index contributed by atoms with van der Waals surface area (Å²) in [7, 11) is 0. The van der Waals surface area contributed by atoms with Gasteiger partial charge in [0.05, 0.1) is 19.0 Å². The van der Waals surface area contributed by atoms with Gasteiger partial charge in [0.25, 0.3) is 0 Å². The number of imidazole rings is 1. The van der Waals surface area contributed by atoms with Crippen LogP contribution in [0.2, 0.25) is 0 Å². The Hall–Kier alpha value is -3.97. The normalized spacial score (nSPS) is 14.3. The van der Waals surface area contributed by atoms with Gasteiger partial charge in [-0.15, -0.1) is 0 Å². The fourth-order valence-corrected chi connectivity index (χ4v) is 3.51. The Labute approximate surface area is 213 Å². The van der Waals surface area contributed by atoms with Gasteiger partial charge in [-0.3, -0.25) is 14.4 Å². The number of aliphatic carboxylic acids is 1. The van der Waals surface area contributed by atoms with E-state index >= 15 is 0 Å². The van der Waals surface area contributed by atoms with Crippen LogP contribution in [0.25, 0.3) is 0 Å². The SMILES string of the molecule is CC(C)CC(NC(=O)C(CO)NC(=O)C(N)Cc1cnc[nH]1)C(=O)NC(Cc1ccc(O)cc1)C(=O)O. The number of phenols is 1. The van der Waals surface area contributed by atoms with Crippen LogP contribution in [0.3, 0.4) is 0 Å². The number of carboxylic acids is 1. The third kappa shape index (κ3) is 9.54. The van der Waals surface area contributed by atoms with Crippen molar-refractivity contribution in [3.05, 3.63) is 48.0 Å². The number of hydrogen-bond donors (Lipinski definition) is 8. The minimum absolute atomic E-state index is 0.0205. The maximum absolute atomic E-state index is 13.0. The Bertz CT molecular complexity index is 1040. The third-order valence-electron chi connectivity index (χ3n) is 5.48. The number of carbonyl (C=O) groups is 4. The average Bonchev–Trinajstić information content (AvgIpc) is 3.35. The molecule has 37 heavy (non-hydrogen) atoms. The number of benzene rings is 1. The van der Waals surface area contributed by atoms with E-state index in [1.807, 2.05) is 13.8 Å². The zero-order chi connectivity index (χ0) is 27.5. The topological polar surface area (TPSA) is 220 Å². The van der Waals surface area contributed by atoms with Gasteiger partial charge in [0.2, 0.25) is 17.7 Å². The van der Waals surface area contributed by atoms with Gasteiger partial charge in [-0.25, -0.2) is 9.78 Å². The van der Waals surface area contributed by atoms with Crippen LogP contribution < -0.4 is 21.7 Å². The molecular weight excluding hydrogens is 484 g/mol. The fourth-order valence-electron chi connectivity index (χ4n) is 3.51. The van der Waals surface area contributed by atoms with Gasteiger partial charge in [0.1, 0.15) is 23.9 Å². The first kappa shape index (κ1) is 29.3. The van der Waals surface area contributed by atoms with Crippen molar-refractivity contribution in [2.24, 2.45) is 11.7 Å². The van der Waals surface area contributed by atoms with Gasteiger partial charge in [0, 0.05) is 24.7 Å². The lowest BCUT2D eigenvalue weighted by atomic mass is 10.0. The standard InChI is InChI=1S/C24H34N6O7/c1-13(2)7-18(22(34)29-19(24(36)37)8-14-3-5-16(32)6-4-14)28-23(35)20(11-31)30-21(33)17(25)9-15-10-26-12-27-15/h3-6,10,12-13,17-20,31-32H,7-9,11,25H2,1-2H3,(H,26,27)(H,28,35)(H,29,34)(H,30,33)(H,36,37). The predicted molar refractivity (Wildman–Crippen MR) is 132 cm³/mol. The summed E-state index contributed by atoms with van der Waals surface area (Å²) < 4.78 is 0. The molecule has 0 saturated carbocycles. The van der Waals surface area contributed by atoms with Crippen molar-refractivity contribution in [2.45, 2.75) is 57.3 Å². The zero-order valence-corrected chi connectivity index (χ0v) is 20.7. The molecule has 1 aromatic carbocycles. The maximum Gasteiger partial charge on any atom is 0.326 e. The molecule has 0 aliphatic carbocycles. The van der Waals surface area contributed by atoms with Crippen molar-refractivity contribution in [1.29, 1.82) is 0 Å². The summed E-state index contributed by atoms with van der Waals surface area (Å²) in [4.78, 5) is 56.7. The van der Waals surface area contributed by atoms with E-state index in [4.69, 9.17) is 5.73 Å². The monoisotopic (exact) mass is 518 g/mol. The summed E-state index contributed by atoms with van der Waals surface area (Å²) in [6, 6.07) is 1.07. The van der Waals surface area contributed by atoms with Gasteiger partial charge in [-0.1, -0.05) is 26.0 Å². The van der Waals surface area contributed by atoms with Crippen molar-refractivity contribution in [3.8, 4) is 5.75 Å². The number of aliphatic hydroxyl groups is 1. The molecule has 0 aliphatic heterocycles. The van der Waals surface area contributed by atoms with Crippen molar-refractivity contribution >= 4 is 23.7 Å². The molecule has 0 fully saturated rings. The highest BCUT2D eigenvalue weighted by atomic mass is 16.4. The van der Waals surface area contributed by atoms with Crippen LogP contribution in [0.1, 0.15) is 31.5 Å². The summed E-state index contributed by atoms with van der Waals surface area (Å²) in [6.07, 6.45) is 3.19. The van der Waals surface area contributed by atoms with Gasteiger partial charge in [0.15, 0.2) is 0 Å². The lowest BCUT2D eigenvalue weighted by Crippen LogP contribution is -2.58. The molecule has 1 heterocycles. The number of hydrogen-bond acceptors (Lipinski definition) is 8. The quantitative estimate of drug-likeness (QED) is 0.150. The molecule has 9 N–H and O–H groups in total. The maximum atomic E-state index is 13.0. The molecule has 4 atom stereocenters. The first-order valence-corrected chi connectivity index (χ1v) is 11.8. The number of aromatic amines is 1. The summed E-state index contributed by atoms with van der Waals surface area (Å²) in [5.74, 6) is -3.55. The van der Waals surface area contributed by atoms with E-state index in [1.165, 1.54) is 36.8 Å². The predicted octanol–water partition coefficient (Wildman–Crippen LogP) is -1.19. The summed E-state index contributed by atoms with van der Waals surface area (Å²) in [5.41, 5.74) is 7.06. The molecule has 3 amide bonds. The Balaban J connectivity index is 2.04. The third-order valence-corrected chi connectivity index (χ3v) is 5.48. The molecule has 0 aliphatic rings. The molecule has 0 saturated heterocycles. The molecule has 13 nitrogen and oxygen atoms in total. The largest absolute Gasteiger partial charge is 0.508 e. The number of H-pyrrole nitrogens is 1. The number of aromatic nitrogens is 2. The lowest BCUT2D eigenvalue weighted by molar-refractivity contribution is -0.142. The van der Waals surface area contributed by atoms with Gasteiger partial charge < -0.3 is 42.0 Å². The number of nitrogens with zero attached hydrogens (tertiary/aromatic N) is 1. The number of carbonyl (C=O) groups excluding carboxylic acids is 3. The number of amides is 3. The van der Waals surface area contributed by atoms with Crippen LogP contribution in [-0.4, -0.2) is 79.8 Å². The Kier molecular flexibility index (Phi) is 11.0. The Morgan fingerprint density at radius 2 is 1.54 bits per heavy atom. The molecule has 4 unspecified atom stereocenters. The smallest absolute Gasteiger partial charge is 0.326 e. The van der Waals surface area contributed by atoms with Crippen molar-refractivity contribution < 1.29 is 34.5 Å². The van der Waals surface area contributed by atoms with Crippen LogP contribution in [0.4, 0.5) is 0 Å². The number of phenolic OH excluding ortho intramolecular Hbond substituents is 1. The number of aliphatic hydroxyl groups excluding tert-OH is 1. The van der Waals surface area contributed by atoms with Crippen molar-refractivity contribution in [3.63, 3.8) is 0 Å². The average molecular weight is 519 g/mol. The molecule has 0 spiro atoms. The molecule has 0 radical (unpaired) electrons. The van der Waals surface area contributed by atoms with Crippen molar-refractivity contribution in [1.82, 2.24) is 25.9 Å². The van der Waals surface area contributed by atoms with E-state index in [2.05, 4.69) is 25.9 Å². The second-order valence-electron chi connectivity index (χ2n) is 9.09. The minimum atomic E-state index is -1.38. The molecule has 13 heteroatoms. The highest BCUT2D eigenvalue weighted by Crippen LogP contribution is 2.12. The van der Waals surface area contributed by atoms with E-state index < -0.39 is 54.5 Å². The number of nitrogens with one attached hydrogen (secondary N) is 4. The minimum Gasteiger partial charge on any atom is -0.508 e. The van der Waals surface area contributed by atoms with Crippen LogP contribution >= 0.6 is 0 Å². The van der Waals surface area contributed by atoms with Gasteiger partial charge >= 0.3 is 5.97 Å². The van der Waals surface area contributed by atoms with Gasteiger partial charge in [-0.05, 0) is 30.0 Å². The lowest BCUT2D eigenvalue weighted by Gasteiger charge is -2.25. The molecule has 202 valence electrons. The molecular formula is C24H34N6O7. The number of nitrogens with two attached hydrogens (primary N) is 1. The molecule has 2 aromatic rings. The van der Waals surface area contributed by atoms with E-state index in [0.29, 0.717) is 11.3 Å². The van der Waals surface area contributed by atoms with E-state index in [1.54, 1.807) is 0 Å². The Morgan fingerprint density at radius 3 is 2.08 bits per heavy atom. The van der Waals surface area contributed by atoms with Crippen LogP contribution in [0, 0.1) is 5.92 Å². The van der Waals surface area contributed by atoms with Crippen molar-refractivity contribution in [2.75, 3.05) is 6.61 Å². The summed E-state index contributed by atoms with van der Waals surface area (Å²) >= 11 is 0. The van der Waals surface area contributed by atoms with Crippen LogP contribution in [0.5, 0.6) is 5.75 Å². The van der Waals surface area contributed by atoms with E-state index in [9.17, 15) is 34.5 Å². The zero-order valence-electron chi connectivity index (χ0n) is 20.7. The summed E-state index contributed by atoms with van der Waals surface area (Å²) in [5, 5.41) is 36.0. The van der Waals surface area contributed by atoms with Crippen LogP contribution in [-0.2, 0) is 32.0 Å². The fraction of sp³-hybridized carbons (Fsp3) is 0.458. The summed E-state index contributed by atoms with van der Waals surface area (Å²) in [6.45, 7) is 2.89. The first-order valence-electron chi connectivity index (χ1n) is 11.8. The second-order valence-corrected chi connectivity index (χ2v) is 9.09. The first-order chi connectivity index (χ1) is 17.5. The number of carboxylic acid groups (broad SMARTS) is 1. The van der Waals surface area contributed by atoms with Crippen LogP contribution in [0.15, 0.2) is 36.8 Å².